The van der Waals surface area contributed by atoms with Gasteiger partial charge in [0.1, 0.15) is 0 Å². The molecule has 0 atom stereocenters. The zero-order chi connectivity index (χ0) is 15.2. The number of sulfonamides is 1. The summed E-state index contributed by atoms with van der Waals surface area (Å²) >= 11 is 1.49. The van der Waals surface area contributed by atoms with E-state index < -0.39 is 10.0 Å². The smallest absolute Gasteiger partial charge is 0.244 e. The van der Waals surface area contributed by atoms with Crippen molar-refractivity contribution >= 4 is 21.4 Å². The van der Waals surface area contributed by atoms with Gasteiger partial charge in [-0.25, -0.2) is 8.42 Å². The van der Waals surface area contributed by atoms with E-state index in [4.69, 9.17) is 0 Å². The molecule has 1 rings (SSSR count). The zero-order valence-corrected chi connectivity index (χ0v) is 14.5. The topological polar surface area (TPSA) is 49.4 Å². The standard InChI is InChI=1S/C14H26N2O2S2/c1-5-6-7-8-16(12(2)3)20(17,18)14-9-13(10-15-4)19-11-14/h9,11-12,15H,5-8,10H2,1-4H3. The summed E-state index contributed by atoms with van der Waals surface area (Å²) in [5, 5.41) is 4.79. The van der Waals surface area contributed by atoms with Gasteiger partial charge in [-0.1, -0.05) is 19.8 Å². The van der Waals surface area contributed by atoms with Crippen LogP contribution in [-0.2, 0) is 16.6 Å². The van der Waals surface area contributed by atoms with Crippen LogP contribution >= 0.6 is 11.3 Å². The lowest BCUT2D eigenvalue weighted by atomic mass is 10.2. The first-order chi connectivity index (χ1) is 9.43. The molecule has 6 heteroatoms. The van der Waals surface area contributed by atoms with Gasteiger partial charge in [0.05, 0.1) is 4.90 Å². The number of hydrogen-bond acceptors (Lipinski definition) is 4. The average molecular weight is 319 g/mol. The molecule has 0 amide bonds. The molecule has 0 aliphatic carbocycles. The number of rotatable bonds is 9. The van der Waals surface area contributed by atoms with Crippen LogP contribution in [0.15, 0.2) is 16.3 Å². The van der Waals surface area contributed by atoms with Gasteiger partial charge >= 0.3 is 0 Å². The van der Waals surface area contributed by atoms with Gasteiger partial charge in [-0.05, 0) is 33.4 Å². The lowest BCUT2D eigenvalue weighted by Gasteiger charge is -2.25. The Balaban J connectivity index is 2.90. The van der Waals surface area contributed by atoms with Crippen LogP contribution in [0.25, 0.3) is 0 Å². The van der Waals surface area contributed by atoms with Crippen molar-refractivity contribution < 1.29 is 8.42 Å². The first kappa shape index (κ1) is 17.6. The maximum absolute atomic E-state index is 12.7. The van der Waals surface area contributed by atoms with E-state index in [1.165, 1.54) is 11.3 Å². The molecule has 0 aliphatic heterocycles. The molecule has 116 valence electrons. The fourth-order valence-electron chi connectivity index (χ4n) is 2.07. The summed E-state index contributed by atoms with van der Waals surface area (Å²) in [7, 11) is -1.50. The van der Waals surface area contributed by atoms with Gasteiger partial charge in [0, 0.05) is 29.4 Å². The van der Waals surface area contributed by atoms with Crippen molar-refractivity contribution in [2.24, 2.45) is 0 Å². The highest BCUT2D eigenvalue weighted by Crippen LogP contribution is 2.24. The molecule has 0 fully saturated rings. The van der Waals surface area contributed by atoms with Crippen molar-refractivity contribution in [1.82, 2.24) is 9.62 Å². The quantitative estimate of drug-likeness (QED) is 0.712. The Labute approximate surface area is 127 Å². The largest absolute Gasteiger partial charge is 0.315 e. The molecule has 1 N–H and O–H groups in total. The summed E-state index contributed by atoms with van der Waals surface area (Å²) in [4.78, 5) is 1.47. The van der Waals surface area contributed by atoms with Gasteiger partial charge < -0.3 is 5.32 Å². The third-order valence-corrected chi connectivity index (χ3v) is 6.28. The lowest BCUT2D eigenvalue weighted by molar-refractivity contribution is 0.346. The van der Waals surface area contributed by atoms with Crippen molar-refractivity contribution in [3.05, 3.63) is 16.3 Å². The minimum Gasteiger partial charge on any atom is -0.315 e. The van der Waals surface area contributed by atoms with Crippen molar-refractivity contribution in [2.75, 3.05) is 13.6 Å². The molecule has 0 radical (unpaired) electrons. The fourth-order valence-corrected chi connectivity index (χ4v) is 5.02. The van der Waals surface area contributed by atoms with Crippen molar-refractivity contribution in [3.8, 4) is 0 Å². The number of thiophene rings is 1. The summed E-state index contributed by atoms with van der Waals surface area (Å²) in [6.07, 6.45) is 3.07. The van der Waals surface area contributed by atoms with E-state index in [0.29, 0.717) is 18.0 Å². The maximum atomic E-state index is 12.7. The van der Waals surface area contributed by atoms with Crippen molar-refractivity contribution in [2.45, 2.75) is 57.5 Å². The van der Waals surface area contributed by atoms with Gasteiger partial charge in [0.25, 0.3) is 0 Å². The number of unbranched alkanes of at least 4 members (excludes halogenated alkanes) is 2. The Morgan fingerprint density at radius 2 is 2.05 bits per heavy atom. The highest BCUT2D eigenvalue weighted by atomic mass is 32.2. The summed E-state index contributed by atoms with van der Waals surface area (Å²) < 4.78 is 27.0. The second kappa shape index (κ2) is 8.12. The SMILES string of the molecule is CCCCCN(C(C)C)S(=O)(=O)c1csc(CNC)c1. The Kier molecular flexibility index (Phi) is 7.15. The average Bonchev–Trinajstić information content (AvgIpc) is 2.83. The van der Waals surface area contributed by atoms with Crippen LogP contribution in [0.4, 0.5) is 0 Å². The molecule has 0 saturated carbocycles. The lowest BCUT2D eigenvalue weighted by Crippen LogP contribution is -2.37. The molecule has 0 spiro atoms. The molecule has 0 bridgehead atoms. The van der Waals surface area contributed by atoms with E-state index in [2.05, 4.69) is 12.2 Å². The predicted octanol–water partition coefficient (Wildman–Crippen LogP) is 3.06. The molecule has 1 aromatic heterocycles. The molecular formula is C14H26N2O2S2. The van der Waals surface area contributed by atoms with Gasteiger partial charge in [-0.3, -0.25) is 0 Å². The normalized spacial score (nSPS) is 12.5. The van der Waals surface area contributed by atoms with E-state index in [1.807, 2.05) is 20.9 Å². The first-order valence-electron chi connectivity index (χ1n) is 7.17. The van der Waals surface area contributed by atoms with Crippen LogP contribution < -0.4 is 5.32 Å². The summed E-state index contributed by atoms with van der Waals surface area (Å²) in [6, 6.07) is 1.77. The monoisotopic (exact) mass is 318 g/mol. The molecular weight excluding hydrogens is 292 g/mol. The molecule has 4 nitrogen and oxygen atoms in total. The third kappa shape index (κ3) is 4.55. The molecule has 1 aromatic rings. The van der Waals surface area contributed by atoms with Crippen LogP contribution in [0.5, 0.6) is 0 Å². The maximum Gasteiger partial charge on any atom is 0.244 e. The van der Waals surface area contributed by atoms with E-state index in [9.17, 15) is 8.42 Å². The van der Waals surface area contributed by atoms with E-state index in [1.54, 1.807) is 15.8 Å². The predicted molar refractivity (Wildman–Crippen MR) is 85.6 cm³/mol. The molecule has 0 unspecified atom stereocenters. The van der Waals surface area contributed by atoms with Gasteiger partial charge in [0.2, 0.25) is 10.0 Å². The first-order valence-corrected chi connectivity index (χ1v) is 9.49. The Morgan fingerprint density at radius 1 is 1.35 bits per heavy atom. The fraction of sp³-hybridized carbons (Fsp3) is 0.714. The number of nitrogens with zero attached hydrogens (tertiary/aromatic N) is 1. The molecule has 1 heterocycles. The van der Waals surface area contributed by atoms with Crippen LogP contribution in [-0.4, -0.2) is 32.4 Å². The van der Waals surface area contributed by atoms with Crippen LogP contribution in [0.2, 0.25) is 0 Å². The van der Waals surface area contributed by atoms with Crippen LogP contribution in [0, 0.1) is 0 Å². The van der Waals surface area contributed by atoms with Crippen molar-refractivity contribution in [1.29, 1.82) is 0 Å². The summed E-state index contributed by atoms with van der Waals surface area (Å²) in [5.41, 5.74) is 0. The molecule has 0 saturated heterocycles. The van der Waals surface area contributed by atoms with E-state index in [0.717, 1.165) is 24.1 Å². The van der Waals surface area contributed by atoms with E-state index in [-0.39, 0.29) is 6.04 Å². The third-order valence-electron chi connectivity index (χ3n) is 3.15. The van der Waals surface area contributed by atoms with Crippen molar-refractivity contribution in [3.63, 3.8) is 0 Å². The second-order valence-electron chi connectivity index (χ2n) is 5.20. The highest BCUT2D eigenvalue weighted by Gasteiger charge is 2.27. The van der Waals surface area contributed by atoms with Gasteiger partial charge in [-0.2, -0.15) is 4.31 Å². The summed E-state index contributed by atoms with van der Waals surface area (Å²) in [6.45, 7) is 7.30. The zero-order valence-electron chi connectivity index (χ0n) is 12.8. The van der Waals surface area contributed by atoms with Crippen LogP contribution in [0.1, 0.15) is 44.9 Å². The summed E-state index contributed by atoms with van der Waals surface area (Å²) in [5.74, 6) is 0. The minimum absolute atomic E-state index is 0.00972. The van der Waals surface area contributed by atoms with Gasteiger partial charge in [0.15, 0.2) is 0 Å². The van der Waals surface area contributed by atoms with Crippen LogP contribution in [0.3, 0.4) is 0 Å². The second-order valence-corrected chi connectivity index (χ2v) is 8.08. The Morgan fingerprint density at radius 3 is 2.60 bits per heavy atom. The van der Waals surface area contributed by atoms with E-state index >= 15 is 0 Å². The minimum atomic E-state index is -3.36. The van der Waals surface area contributed by atoms with Gasteiger partial charge in [-0.15, -0.1) is 11.3 Å². The Bertz CT molecular complexity index is 495. The molecule has 0 aliphatic rings. The molecule has 0 aromatic carbocycles. The number of nitrogens with one attached hydrogen (secondary N) is 1. The molecule has 20 heavy (non-hydrogen) atoms. The Hall–Kier alpha value is -0.430. The number of hydrogen-bond donors (Lipinski definition) is 1. The highest BCUT2D eigenvalue weighted by molar-refractivity contribution is 7.89.